The summed E-state index contributed by atoms with van der Waals surface area (Å²) >= 11 is 0. The lowest BCUT2D eigenvalue weighted by molar-refractivity contribution is 0.669. The standard InChI is InChI=1S/C57H36N4O/c1-4-14-37(15-5-1)39-26-30-41(31-27-39)55-58-56(60-57(59-55)44-19-12-18-43(36-44)38-16-6-2-7-17-38)42-32-28-40(29-33-42)46-23-13-25-50-52(46)53-51(62-50)35-34-48-47-22-10-11-24-49(47)61(54(48)53)45-20-8-3-9-21-45/h1-36H. The zero-order valence-electron chi connectivity index (χ0n) is 33.5. The SMILES string of the molecule is c1ccc(-c2ccc(-c3nc(-c4ccc(-c5cccc6oc7ccc8c9ccccc9n(-c9ccccc9)c8c7c56)cc4)nc(-c4cccc(-c5ccccc5)c4)n3)cc2)cc1. The fourth-order valence-electron chi connectivity index (χ4n) is 8.92. The molecule has 5 nitrogen and oxygen atoms in total. The van der Waals surface area contributed by atoms with Gasteiger partial charge >= 0.3 is 0 Å². The minimum atomic E-state index is 0.606. The average Bonchev–Trinajstić information content (AvgIpc) is 3.91. The summed E-state index contributed by atoms with van der Waals surface area (Å²) in [5.41, 5.74) is 14.6. The topological polar surface area (TPSA) is 56.7 Å². The van der Waals surface area contributed by atoms with Crippen molar-refractivity contribution < 1.29 is 4.42 Å². The third-order valence-corrected chi connectivity index (χ3v) is 11.9. The highest BCUT2D eigenvalue weighted by Gasteiger charge is 2.21. The van der Waals surface area contributed by atoms with E-state index in [1.54, 1.807) is 0 Å². The second-order valence-electron chi connectivity index (χ2n) is 15.6. The summed E-state index contributed by atoms with van der Waals surface area (Å²) in [5.74, 6) is 1.84. The lowest BCUT2D eigenvalue weighted by Crippen LogP contribution is -2.00. The number of hydrogen-bond donors (Lipinski definition) is 0. The number of benzene rings is 9. The molecule has 0 saturated heterocycles. The van der Waals surface area contributed by atoms with Crippen molar-refractivity contribution in [1.82, 2.24) is 19.5 Å². The van der Waals surface area contributed by atoms with Crippen molar-refractivity contribution in [3.8, 4) is 73.2 Å². The van der Waals surface area contributed by atoms with E-state index >= 15 is 0 Å². The van der Waals surface area contributed by atoms with Gasteiger partial charge in [-0.05, 0) is 75.8 Å². The number of fused-ring (bicyclic) bond motifs is 7. The first kappa shape index (κ1) is 35.5. The first-order valence-corrected chi connectivity index (χ1v) is 20.8. The molecule has 3 aromatic heterocycles. The number of furan rings is 1. The Kier molecular flexibility index (Phi) is 8.42. The van der Waals surface area contributed by atoms with Crippen LogP contribution < -0.4 is 0 Å². The maximum Gasteiger partial charge on any atom is 0.164 e. The van der Waals surface area contributed by atoms with Crippen molar-refractivity contribution in [2.45, 2.75) is 0 Å². The highest BCUT2D eigenvalue weighted by atomic mass is 16.3. The van der Waals surface area contributed by atoms with Crippen LogP contribution in [0.15, 0.2) is 223 Å². The highest BCUT2D eigenvalue weighted by molar-refractivity contribution is 6.27. The molecule has 3 heterocycles. The molecule has 0 saturated carbocycles. The normalized spacial score (nSPS) is 11.5. The molecule has 9 aromatic carbocycles. The number of aromatic nitrogens is 4. The third-order valence-electron chi connectivity index (χ3n) is 11.9. The van der Waals surface area contributed by atoms with E-state index in [1.807, 2.05) is 12.1 Å². The molecule has 0 aliphatic carbocycles. The number of nitrogens with zero attached hydrogens (tertiary/aromatic N) is 4. The molecule has 0 aliphatic rings. The quantitative estimate of drug-likeness (QED) is 0.161. The Morgan fingerprint density at radius 2 is 0.823 bits per heavy atom. The fraction of sp³-hybridized carbons (Fsp3) is 0. The van der Waals surface area contributed by atoms with E-state index in [0.29, 0.717) is 17.5 Å². The molecule has 0 radical (unpaired) electrons. The zero-order valence-corrected chi connectivity index (χ0v) is 33.5. The van der Waals surface area contributed by atoms with Gasteiger partial charge in [-0.1, -0.05) is 176 Å². The molecule has 0 fully saturated rings. The van der Waals surface area contributed by atoms with Gasteiger partial charge in [-0.3, -0.25) is 0 Å². The predicted octanol–water partition coefficient (Wildman–Crippen LogP) is 14.9. The number of para-hydroxylation sites is 2. The molecule has 62 heavy (non-hydrogen) atoms. The van der Waals surface area contributed by atoms with Gasteiger partial charge in [0.2, 0.25) is 0 Å². The number of hydrogen-bond acceptors (Lipinski definition) is 4. The summed E-state index contributed by atoms with van der Waals surface area (Å²) < 4.78 is 9.02. The van der Waals surface area contributed by atoms with Gasteiger partial charge in [0.1, 0.15) is 11.2 Å². The van der Waals surface area contributed by atoms with Crippen LogP contribution in [0.3, 0.4) is 0 Å². The Bertz CT molecular complexity index is 3590. The van der Waals surface area contributed by atoms with Crippen molar-refractivity contribution in [2.24, 2.45) is 0 Å². The van der Waals surface area contributed by atoms with Crippen molar-refractivity contribution in [3.05, 3.63) is 218 Å². The van der Waals surface area contributed by atoms with E-state index in [-0.39, 0.29) is 0 Å². The highest BCUT2D eigenvalue weighted by Crippen LogP contribution is 2.44. The maximum atomic E-state index is 6.64. The molecular formula is C57H36N4O. The lowest BCUT2D eigenvalue weighted by Gasteiger charge is -2.11. The molecule has 12 aromatic rings. The second kappa shape index (κ2) is 14.7. The van der Waals surface area contributed by atoms with Crippen LogP contribution in [0.25, 0.3) is 117 Å². The van der Waals surface area contributed by atoms with Crippen molar-refractivity contribution in [3.63, 3.8) is 0 Å². The van der Waals surface area contributed by atoms with Crippen LogP contribution in [-0.4, -0.2) is 19.5 Å². The maximum absolute atomic E-state index is 6.64. The largest absolute Gasteiger partial charge is 0.456 e. The van der Waals surface area contributed by atoms with Crippen LogP contribution in [0.2, 0.25) is 0 Å². The monoisotopic (exact) mass is 792 g/mol. The van der Waals surface area contributed by atoms with Crippen LogP contribution in [-0.2, 0) is 0 Å². The molecule has 0 spiro atoms. The molecule has 290 valence electrons. The fourth-order valence-corrected chi connectivity index (χ4v) is 8.92. The molecule has 0 unspecified atom stereocenters. The molecule has 0 amide bonds. The Hall–Kier alpha value is -8.41. The van der Waals surface area contributed by atoms with Crippen LogP contribution in [0, 0.1) is 0 Å². The smallest absolute Gasteiger partial charge is 0.164 e. The van der Waals surface area contributed by atoms with Gasteiger partial charge < -0.3 is 8.98 Å². The van der Waals surface area contributed by atoms with E-state index in [1.165, 1.54) is 10.8 Å². The minimum absolute atomic E-state index is 0.606. The van der Waals surface area contributed by atoms with Crippen LogP contribution in [0.4, 0.5) is 0 Å². The Balaban J connectivity index is 0.999. The van der Waals surface area contributed by atoms with Crippen molar-refractivity contribution in [1.29, 1.82) is 0 Å². The van der Waals surface area contributed by atoms with E-state index < -0.39 is 0 Å². The summed E-state index contributed by atoms with van der Waals surface area (Å²) in [6.07, 6.45) is 0. The van der Waals surface area contributed by atoms with Gasteiger partial charge in [0.05, 0.1) is 16.4 Å². The summed E-state index contributed by atoms with van der Waals surface area (Å²) in [6.45, 7) is 0. The molecule has 0 N–H and O–H groups in total. The molecule has 5 heteroatoms. The van der Waals surface area contributed by atoms with E-state index in [0.717, 1.165) is 88.7 Å². The average molecular weight is 793 g/mol. The van der Waals surface area contributed by atoms with Crippen molar-refractivity contribution in [2.75, 3.05) is 0 Å². The van der Waals surface area contributed by atoms with Crippen LogP contribution >= 0.6 is 0 Å². The van der Waals surface area contributed by atoms with Crippen LogP contribution in [0.1, 0.15) is 0 Å². The first-order valence-electron chi connectivity index (χ1n) is 20.8. The molecule has 0 bridgehead atoms. The minimum Gasteiger partial charge on any atom is -0.456 e. The van der Waals surface area contributed by atoms with Gasteiger partial charge in [0.15, 0.2) is 17.5 Å². The summed E-state index contributed by atoms with van der Waals surface area (Å²) in [7, 11) is 0. The Morgan fingerprint density at radius 3 is 1.52 bits per heavy atom. The van der Waals surface area contributed by atoms with Gasteiger partial charge in [0.25, 0.3) is 0 Å². The van der Waals surface area contributed by atoms with Crippen molar-refractivity contribution >= 4 is 43.7 Å². The predicted molar refractivity (Wildman–Crippen MR) is 254 cm³/mol. The summed E-state index contributed by atoms with van der Waals surface area (Å²) in [5, 5.41) is 4.58. The number of rotatable bonds is 7. The molecule has 0 aliphatic heterocycles. The Labute approximate surface area is 357 Å². The zero-order chi connectivity index (χ0) is 41.0. The second-order valence-corrected chi connectivity index (χ2v) is 15.6. The van der Waals surface area contributed by atoms with Gasteiger partial charge in [-0.2, -0.15) is 0 Å². The lowest BCUT2D eigenvalue weighted by atomic mass is 9.97. The van der Waals surface area contributed by atoms with E-state index in [4.69, 9.17) is 19.4 Å². The van der Waals surface area contributed by atoms with E-state index in [9.17, 15) is 0 Å². The van der Waals surface area contributed by atoms with Gasteiger partial charge in [-0.25, -0.2) is 15.0 Å². The first-order chi connectivity index (χ1) is 30.7. The van der Waals surface area contributed by atoms with Gasteiger partial charge in [0, 0.05) is 38.5 Å². The third kappa shape index (κ3) is 6.06. The van der Waals surface area contributed by atoms with Gasteiger partial charge in [-0.15, -0.1) is 0 Å². The molecule has 0 atom stereocenters. The molecular weight excluding hydrogens is 757 g/mol. The summed E-state index contributed by atoms with van der Waals surface area (Å²) in [4.78, 5) is 15.4. The molecule has 12 rings (SSSR count). The Morgan fingerprint density at radius 1 is 0.323 bits per heavy atom. The summed E-state index contributed by atoms with van der Waals surface area (Å²) in [6, 6.07) is 76.2. The van der Waals surface area contributed by atoms with Crippen LogP contribution in [0.5, 0.6) is 0 Å². The van der Waals surface area contributed by atoms with E-state index in [2.05, 4.69) is 211 Å².